The van der Waals surface area contributed by atoms with E-state index in [9.17, 15) is 18.3 Å². The minimum Gasteiger partial charge on any atom is -0.508 e. The van der Waals surface area contributed by atoms with Gasteiger partial charge >= 0.3 is 6.36 Å². The molecule has 0 fully saturated rings. The van der Waals surface area contributed by atoms with Crippen LogP contribution in [0.15, 0.2) is 58.6 Å². The molecule has 2 aromatic carbocycles. The first-order valence-electron chi connectivity index (χ1n) is 7.02. The highest BCUT2D eigenvalue weighted by Crippen LogP contribution is 2.22. The first kappa shape index (κ1) is 18.1. The molecule has 0 aliphatic carbocycles. The second-order valence-corrected chi connectivity index (χ2v) is 4.89. The SMILES string of the molecule is C/C(=N\NC(N)=Nc1ccc(O)cc1)c1ccc(OC(F)(F)F)cc1. The number of alkyl halides is 3. The predicted octanol–water partition coefficient (Wildman–Crippen LogP) is 3.25. The lowest BCUT2D eigenvalue weighted by molar-refractivity contribution is -0.274. The van der Waals surface area contributed by atoms with E-state index in [0.29, 0.717) is 17.0 Å². The van der Waals surface area contributed by atoms with Gasteiger partial charge in [0, 0.05) is 0 Å². The zero-order valence-corrected chi connectivity index (χ0v) is 13.1. The van der Waals surface area contributed by atoms with Gasteiger partial charge < -0.3 is 15.6 Å². The number of aliphatic imine (C=N–C) groups is 1. The summed E-state index contributed by atoms with van der Waals surface area (Å²) in [5.74, 6) is -0.190. The number of rotatable bonds is 4. The average Bonchev–Trinajstić information content (AvgIpc) is 2.54. The largest absolute Gasteiger partial charge is 0.573 e. The second-order valence-electron chi connectivity index (χ2n) is 4.89. The van der Waals surface area contributed by atoms with E-state index in [4.69, 9.17) is 5.73 Å². The first-order chi connectivity index (χ1) is 11.7. The van der Waals surface area contributed by atoms with Gasteiger partial charge in [-0.25, -0.2) is 10.4 Å². The summed E-state index contributed by atoms with van der Waals surface area (Å²) in [6.07, 6.45) is -4.73. The maximum absolute atomic E-state index is 12.1. The van der Waals surface area contributed by atoms with Crippen LogP contribution in [0.3, 0.4) is 0 Å². The lowest BCUT2D eigenvalue weighted by Crippen LogP contribution is -2.27. The van der Waals surface area contributed by atoms with Crippen molar-refractivity contribution < 1.29 is 23.0 Å². The fourth-order valence-electron chi connectivity index (χ4n) is 1.79. The Bertz CT molecular complexity index is 769. The average molecular weight is 352 g/mol. The maximum atomic E-state index is 12.1. The van der Waals surface area contributed by atoms with Crippen LogP contribution in [0.25, 0.3) is 0 Å². The third-order valence-electron chi connectivity index (χ3n) is 2.94. The van der Waals surface area contributed by atoms with Gasteiger partial charge in [-0.1, -0.05) is 0 Å². The Morgan fingerprint density at radius 3 is 2.24 bits per heavy atom. The molecule has 0 saturated carbocycles. The number of nitrogens with zero attached hydrogens (tertiary/aromatic N) is 2. The molecule has 0 radical (unpaired) electrons. The molecular formula is C16H15F3N4O2. The minimum atomic E-state index is -4.73. The minimum absolute atomic E-state index is 0.0158. The number of phenols is 1. The van der Waals surface area contributed by atoms with Gasteiger partial charge in [0.25, 0.3) is 0 Å². The molecule has 2 aromatic rings. The number of hydrogen-bond acceptors (Lipinski definition) is 4. The molecule has 0 spiro atoms. The molecule has 0 saturated heterocycles. The van der Waals surface area contributed by atoms with Gasteiger partial charge in [0.1, 0.15) is 11.5 Å². The van der Waals surface area contributed by atoms with Crippen molar-refractivity contribution in [1.29, 1.82) is 0 Å². The zero-order valence-electron chi connectivity index (χ0n) is 13.1. The number of guanidine groups is 1. The number of hydrogen-bond donors (Lipinski definition) is 3. The number of halogens is 3. The summed E-state index contributed by atoms with van der Waals surface area (Å²) in [5, 5.41) is 13.2. The van der Waals surface area contributed by atoms with E-state index in [1.807, 2.05) is 0 Å². The van der Waals surface area contributed by atoms with E-state index in [1.165, 1.54) is 36.4 Å². The normalized spacial score (nSPS) is 12.8. The Hall–Kier alpha value is -3.23. The number of aromatic hydroxyl groups is 1. The van der Waals surface area contributed by atoms with E-state index in [0.717, 1.165) is 0 Å². The van der Waals surface area contributed by atoms with Crippen LogP contribution in [0.2, 0.25) is 0 Å². The maximum Gasteiger partial charge on any atom is 0.573 e. The molecule has 132 valence electrons. The standard InChI is InChI=1S/C16H15F3N4O2/c1-10(11-2-8-14(9-3-11)25-16(17,18)19)22-23-15(20)21-12-4-6-13(24)7-5-12/h2-9,24H,1H3,(H3,20,21,23)/b22-10+. The number of hydrazone groups is 1. The number of phenolic OH excluding ortho intramolecular Hbond substituents is 1. The highest BCUT2D eigenvalue weighted by Gasteiger charge is 2.30. The third-order valence-corrected chi connectivity index (χ3v) is 2.94. The van der Waals surface area contributed by atoms with Gasteiger partial charge in [0.2, 0.25) is 5.96 Å². The van der Waals surface area contributed by atoms with Crippen LogP contribution < -0.4 is 15.9 Å². The van der Waals surface area contributed by atoms with Crippen LogP contribution >= 0.6 is 0 Å². The highest BCUT2D eigenvalue weighted by atomic mass is 19.4. The Labute approximate surface area is 141 Å². The Morgan fingerprint density at radius 2 is 1.68 bits per heavy atom. The monoisotopic (exact) mass is 352 g/mol. The topological polar surface area (TPSA) is 92.2 Å². The van der Waals surface area contributed by atoms with Crippen molar-refractivity contribution in [3.8, 4) is 11.5 Å². The fraction of sp³-hybridized carbons (Fsp3) is 0.125. The lowest BCUT2D eigenvalue weighted by Gasteiger charge is -2.09. The van der Waals surface area contributed by atoms with Gasteiger partial charge in [0.15, 0.2) is 0 Å². The van der Waals surface area contributed by atoms with Gasteiger partial charge in [-0.3, -0.25) is 0 Å². The fourth-order valence-corrected chi connectivity index (χ4v) is 1.79. The van der Waals surface area contributed by atoms with Crippen molar-refractivity contribution in [3.63, 3.8) is 0 Å². The summed E-state index contributed by atoms with van der Waals surface area (Å²) in [5.41, 5.74) is 9.82. The molecule has 4 N–H and O–H groups in total. The lowest BCUT2D eigenvalue weighted by atomic mass is 10.1. The molecule has 0 unspecified atom stereocenters. The van der Waals surface area contributed by atoms with Crippen LogP contribution in [0.4, 0.5) is 18.9 Å². The second kappa shape index (κ2) is 7.56. The van der Waals surface area contributed by atoms with Crippen LogP contribution in [-0.2, 0) is 0 Å². The summed E-state index contributed by atoms with van der Waals surface area (Å²) in [4.78, 5) is 4.04. The van der Waals surface area contributed by atoms with E-state index < -0.39 is 6.36 Å². The van der Waals surface area contributed by atoms with Crippen molar-refractivity contribution >= 4 is 17.4 Å². The molecule has 0 amide bonds. The third kappa shape index (κ3) is 6.05. The van der Waals surface area contributed by atoms with Gasteiger partial charge in [-0.2, -0.15) is 5.10 Å². The highest BCUT2D eigenvalue weighted by molar-refractivity contribution is 5.99. The number of nitrogens with one attached hydrogen (secondary N) is 1. The van der Waals surface area contributed by atoms with Crippen molar-refractivity contribution in [2.24, 2.45) is 15.8 Å². The molecule has 2 rings (SSSR count). The molecule has 0 aromatic heterocycles. The van der Waals surface area contributed by atoms with Crippen molar-refractivity contribution in [2.45, 2.75) is 13.3 Å². The van der Waals surface area contributed by atoms with Crippen molar-refractivity contribution in [1.82, 2.24) is 5.43 Å². The predicted molar refractivity (Wildman–Crippen MR) is 87.9 cm³/mol. The van der Waals surface area contributed by atoms with Crippen LogP contribution in [0.1, 0.15) is 12.5 Å². The quantitative estimate of drug-likeness (QED) is 0.447. The molecule has 6 nitrogen and oxygen atoms in total. The Kier molecular flexibility index (Phi) is 5.48. The van der Waals surface area contributed by atoms with Gasteiger partial charge in [-0.05, 0) is 61.0 Å². The number of benzene rings is 2. The van der Waals surface area contributed by atoms with Crippen LogP contribution in [0.5, 0.6) is 11.5 Å². The Morgan fingerprint density at radius 1 is 1.08 bits per heavy atom. The first-order valence-corrected chi connectivity index (χ1v) is 7.02. The summed E-state index contributed by atoms with van der Waals surface area (Å²) >= 11 is 0. The van der Waals surface area contributed by atoms with E-state index in [1.54, 1.807) is 19.1 Å². The van der Waals surface area contributed by atoms with E-state index in [2.05, 4.69) is 20.3 Å². The summed E-state index contributed by atoms with van der Waals surface area (Å²) in [6.45, 7) is 1.65. The molecule has 0 aliphatic rings. The molecular weight excluding hydrogens is 337 g/mol. The van der Waals surface area contributed by atoms with Gasteiger partial charge in [0.05, 0.1) is 11.4 Å². The van der Waals surface area contributed by atoms with E-state index >= 15 is 0 Å². The van der Waals surface area contributed by atoms with Crippen LogP contribution in [-0.4, -0.2) is 23.1 Å². The van der Waals surface area contributed by atoms with Gasteiger partial charge in [-0.15, -0.1) is 13.2 Å². The molecule has 0 heterocycles. The number of ether oxygens (including phenoxy) is 1. The molecule has 25 heavy (non-hydrogen) atoms. The van der Waals surface area contributed by atoms with E-state index in [-0.39, 0.29) is 17.5 Å². The summed E-state index contributed by atoms with van der Waals surface area (Å²) in [6, 6.07) is 11.3. The Balaban J connectivity index is 2.01. The number of nitrogens with two attached hydrogens (primary N) is 1. The van der Waals surface area contributed by atoms with Crippen LogP contribution in [0, 0.1) is 0 Å². The van der Waals surface area contributed by atoms with Crippen molar-refractivity contribution in [3.05, 3.63) is 54.1 Å². The molecule has 0 bridgehead atoms. The molecule has 0 aliphatic heterocycles. The van der Waals surface area contributed by atoms with Crippen molar-refractivity contribution in [2.75, 3.05) is 0 Å². The summed E-state index contributed by atoms with van der Waals surface area (Å²) < 4.78 is 40.1. The zero-order chi connectivity index (χ0) is 18.4. The smallest absolute Gasteiger partial charge is 0.508 e. The summed E-state index contributed by atoms with van der Waals surface area (Å²) in [7, 11) is 0. The molecule has 0 atom stereocenters. The molecule has 9 heteroatoms.